The molecule has 0 aliphatic heterocycles. The summed E-state index contributed by atoms with van der Waals surface area (Å²) < 4.78 is 2.19. The van der Waals surface area contributed by atoms with Crippen LogP contribution in [-0.4, -0.2) is 22.6 Å². The minimum atomic E-state index is 0.416. The van der Waals surface area contributed by atoms with Crippen LogP contribution in [0.15, 0.2) is 12.4 Å². The number of hydrogen-bond donors (Lipinski definition) is 1. The Labute approximate surface area is 112 Å². The van der Waals surface area contributed by atoms with Gasteiger partial charge in [-0.15, -0.1) is 0 Å². The zero-order valence-corrected chi connectivity index (χ0v) is 12.5. The minimum Gasteiger partial charge on any atom is -0.334 e. The molecule has 18 heavy (non-hydrogen) atoms. The Morgan fingerprint density at radius 2 is 2.11 bits per heavy atom. The van der Waals surface area contributed by atoms with Gasteiger partial charge in [0.25, 0.3) is 0 Å². The van der Waals surface area contributed by atoms with E-state index in [0.29, 0.717) is 5.41 Å². The lowest BCUT2D eigenvalue weighted by Crippen LogP contribution is -2.31. The summed E-state index contributed by atoms with van der Waals surface area (Å²) in [5, 5.41) is 3.57. The molecule has 1 aromatic rings. The molecule has 0 saturated carbocycles. The fraction of sp³-hybridized carbons (Fsp3) is 0.800. The normalized spacial score (nSPS) is 12.0. The highest BCUT2D eigenvalue weighted by Gasteiger charge is 2.16. The third-order valence-corrected chi connectivity index (χ3v) is 3.51. The maximum atomic E-state index is 4.23. The van der Waals surface area contributed by atoms with Crippen molar-refractivity contribution in [3.8, 4) is 0 Å². The number of hydrogen-bond acceptors (Lipinski definition) is 2. The third-order valence-electron chi connectivity index (χ3n) is 3.51. The van der Waals surface area contributed by atoms with E-state index in [0.717, 1.165) is 25.5 Å². The summed E-state index contributed by atoms with van der Waals surface area (Å²) in [4.78, 5) is 4.23. The standard InChI is InChI=1S/C15H29N3/c1-5-6-7-8-15(3,4)13-16-9-11-18-12-10-17-14(18)2/h10,12,16H,5-9,11,13H2,1-4H3. The van der Waals surface area contributed by atoms with Crippen molar-refractivity contribution in [2.45, 2.75) is 59.9 Å². The number of aryl methyl sites for hydroxylation is 1. The Hall–Kier alpha value is -0.830. The predicted octanol–water partition coefficient (Wildman–Crippen LogP) is 3.39. The Morgan fingerprint density at radius 3 is 2.72 bits per heavy atom. The molecule has 0 unspecified atom stereocenters. The van der Waals surface area contributed by atoms with Gasteiger partial charge in [-0.25, -0.2) is 4.98 Å². The van der Waals surface area contributed by atoms with Crippen molar-refractivity contribution in [3.05, 3.63) is 18.2 Å². The van der Waals surface area contributed by atoms with Crippen LogP contribution in [0.25, 0.3) is 0 Å². The number of nitrogens with one attached hydrogen (secondary N) is 1. The molecular weight excluding hydrogens is 222 g/mol. The van der Waals surface area contributed by atoms with Gasteiger partial charge in [0.15, 0.2) is 0 Å². The molecular formula is C15H29N3. The van der Waals surface area contributed by atoms with Crippen molar-refractivity contribution in [1.29, 1.82) is 0 Å². The smallest absolute Gasteiger partial charge is 0.105 e. The molecule has 0 aliphatic carbocycles. The molecule has 0 fully saturated rings. The van der Waals surface area contributed by atoms with Gasteiger partial charge in [0.2, 0.25) is 0 Å². The minimum absolute atomic E-state index is 0.416. The fourth-order valence-corrected chi connectivity index (χ4v) is 2.21. The van der Waals surface area contributed by atoms with Gasteiger partial charge < -0.3 is 9.88 Å². The second kappa shape index (κ2) is 7.57. The topological polar surface area (TPSA) is 29.9 Å². The van der Waals surface area contributed by atoms with Crippen LogP contribution in [-0.2, 0) is 6.54 Å². The number of rotatable bonds is 9. The molecule has 1 rings (SSSR count). The molecule has 3 nitrogen and oxygen atoms in total. The Balaban J connectivity index is 2.14. The van der Waals surface area contributed by atoms with E-state index in [4.69, 9.17) is 0 Å². The van der Waals surface area contributed by atoms with Gasteiger partial charge in [-0.1, -0.05) is 40.0 Å². The van der Waals surface area contributed by atoms with Crippen molar-refractivity contribution in [2.75, 3.05) is 13.1 Å². The summed E-state index contributed by atoms with van der Waals surface area (Å²) in [5.74, 6) is 1.10. The quantitative estimate of drug-likeness (QED) is 0.682. The molecule has 0 spiro atoms. The van der Waals surface area contributed by atoms with E-state index in [9.17, 15) is 0 Å². The molecule has 104 valence electrons. The van der Waals surface area contributed by atoms with Gasteiger partial charge in [-0.05, 0) is 18.8 Å². The second-order valence-electron chi connectivity index (χ2n) is 5.97. The first kappa shape index (κ1) is 15.2. The summed E-state index contributed by atoms with van der Waals surface area (Å²) in [7, 11) is 0. The monoisotopic (exact) mass is 251 g/mol. The molecule has 0 radical (unpaired) electrons. The highest BCUT2D eigenvalue weighted by molar-refractivity contribution is 4.88. The van der Waals surface area contributed by atoms with Crippen LogP contribution >= 0.6 is 0 Å². The van der Waals surface area contributed by atoms with Crippen LogP contribution in [0.3, 0.4) is 0 Å². The molecule has 0 amide bonds. The van der Waals surface area contributed by atoms with Crippen molar-refractivity contribution in [3.63, 3.8) is 0 Å². The Bertz CT molecular complexity index is 328. The zero-order valence-electron chi connectivity index (χ0n) is 12.5. The molecule has 0 aromatic carbocycles. The van der Waals surface area contributed by atoms with Gasteiger partial charge >= 0.3 is 0 Å². The number of aromatic nitrogens is 2. The van der Waals surface area contributed by atoms with E-state index in [1.165, 1.54) is 25.7 Å². The Kier molecular flexibility index (Phi) is 6.41. The lowest BCUT2D eigenvalue weighted by atomic mass is 9.87. The first-order chi connectivity index (χ1) is 8.55. The van der Waals surface area contributed by atoms with Gasteiger partial charge in [0.1, 0.15) is 5.82 Å². The molecule has 0 aliphatic rings. The average Bonchev–Trinajstić information content (AvgIpc) is 2.71. The van der Waals surface area contributed by atoms with E-state index < -0.39 is 0 Å². The summed E-state index contributed by atoms with van der Waals surface area (Å²) in [6, 6.07) is 0. The van der Waals surface area contributed by atoms with Crippen LogP contribution in [0.5, 0.6) is 0 Å². The molecule has 1 heterocycles. The first-order valence-corrected chi connectivity index (χ1v) is 7.23. The zero-order chi connectivity index (χ0) is 13.4. The largest absolute Gasteiger partial charge is 0.334 e. The molecule has 0 atom stereocenters. The molecule has 0 saturated heterocycles. The molecule has 1 N–H and O–H groups in total. The molecule has 0 bridgehead atoms. The number of unbranched alkanes of at least 4 members (excludes halogenated alkanes) is 2. The highest BCUT2D eigenvalue weighted by atomic mass is 15.1. The summed E-state index contributed by atoms with van der Waals surface area (Å²) in [6.45, 7) is 12.2. The summed E-state index contributed by atoms with van der Waals surface area (Å²) in [5.41, 5.74) is 0.416. The summed E-state index contributed by atoms with van der Waals surface area (Å²) >= 11 is 0. The van der Waals surface area contributed by atoms with Gasteiger partial charge in [0.05, 0.1) is 0 Å². The van der Waals surface area contributed by atoms with Crippen molar-refractivity contribution in [2.24, 2.45) is 5.41 Å². The first-order valence-electron chi connectivity index (χ1n) is 7.23. The second-order valence-corrected chi connectivity index (χ2v) is 5.97. The van der Waals surface area contributed by atoms with Crippen LogP contribution in [0.4, 0.5) is 0 Å². The van der Waals surface area contributed by atoms with E-state index in [-0.39, 0.29) is 0 Å². The highest BCUT2D eigenvalue weighted by Crippen LogP contribution is 2.22. The lowest BCUT2D eigenvalue weighted by molar-refractivity contribution is 0.301. The van der Waals surface area contributed by atoms with E-state index in [1.807, 2.05) is 12.4 Å². The van der Waals surface area contributed by atoms with Crippen molar-refractivity contribution < 1.29 is 0 Å². The summed E-state index contributed by atoms with van der Waals surface area (Å²) in [6.07, 6.45) is 9.25. The maximum Gasteiger partial charge on any atom is 0.105 e. The lowest BCUT2D eigenvalue weighted by Gasteiger charge is -2.25. The Morgan fingerprint density at radius 1 is 1.33 bits per heavy atom. The molecule has 1 aromatic heterocycles. The van der Waals surface area contributed by atoms with Gasteiger partial charge in [-0.2, -0.15) is 0 Å². The average molecular weight is 251 g/mol. The van der Waals surface area contributed by atoms with E-state index in [1.54, 1.807) is 0 Å². The number of imidazole rings is 1. The maximum absolute atomic E-state index is 4.23. The van der Waals surface area contributed by atoms with E-state index in [2.05, 4.69) is 42.6 Å². The SMILES string of the molecule is CCCCCC(C)(C)CNCCn1ccnc1C. The van der Waals surface area contributed by atoms with Crippen molar-refractivity contribution in [1.82, 2.24) is 14.9 Å². The van der Waals surface area contributed by atoms with Gasteiger partial charge in [-0.3, -0.25) is 0 Å². The van der Waals surface area contributed by atoms with Crippen LogP contribution < -0.4 is 5.32 Å². The van der Waals surface area contributed by atoms with Crippen LogP contribution in [0, 0.1) is 12.3 Å². The number of nitrogens with zero attached hydrogens (tertiary/aromatic N) is 2. The van der Waals surface area contributed by atoms with Crippen molar-refractivity contribution >= 4 is 0 Å². The predicted molar refractivity (Wildman–Crippen MR) is 77.8 cm³/mol. The van der Waals surface area contributed by atoms with Crippen LogP contribution in [0.2, 0.25) is 0 Å². The van der Waals surface area contributed by atoms with Gasteiger partial charge in [0, 0.05) is 32.0 Å². The van der Waals surface area contributed by atoms with Crippen LogP contribution in [0.1, 0.15) is 52.3 Å². The fourth-order valence-electron chi connectivity index (χ4n) is 2.21. The third kappa shape index (κ3) is 5.67. The molecule has 3 heteroatoms. The van der Waals surface area contributed by atoms with E-state index >= 15 is 0 Å².